The van der Waals surface area contributed by atoms with Crippen LogP contribution in [0.1, 0.15) is 37.4 Å². The summed E-state index contributed by atoms with van der Waals surface area (Å²) in [7, 11) is 0. The molecule has 2 aromatic rings. The number of fused-ring (bicyclic) bond motifs is 1. The molecule has 1 aromatic carbocycles. The fourth-order valence-electron chi connectivity index (χ4n) is 2.38. The second-order valence-electron chi connectivity index (χ2n) is 5.10. The van der Waals surface area contributed by atoms with E-state index >= 15 is 0 Å². The van der Waals surface area contributed by atoms with Crippen molar-refractivity contribution in [3.63, 3.8) is 0 Å². The van der Waals surface area contributed by atoms with Gasteiger partial charge in [-0.05, 0) is 31.4 Å². The lowest BCUT2D eigenvalue weighted by atomic mass is 10.2. The van der Waals surface area contributed by atoms with Gasteiger partial charge in [-0.25, -0.2) is 9.37 Å². The summed E-state index contributed by atoms with van der Waals surface area (Å²) in [5.41, 5.74) is 1.69. The number of imidazole rings is 1. The van der Waals surface area contributed by atoms with Gasteiger partial charge in [-0.2, -0.15) is 0 Å². The zero-order valence-corrected chi connectivity index (χ0v) is 11.1. The summed E-state index contributed by atoms with van der Waals surface area (Å²) in [5.74, 6) is 1.46. The van der Waals surface area contributed by atoms with E-state index < -0.39 is 0 Å². The van der Waals surface area contributed by atoms with Gasteiger partial charge in [-0.3, -0.25) is 0 Å². The van der Waals surface area contributed by atoms with Crippen molar-refractivity contribution in [2.24, 2.45) is 5.92 Å². The molecule has 0 aliphatic heterocycles. The maximum absolute atomic E-state index is 13.2. The van der Waals surface area contributed by atoms with Crippen LogP contribution in [0.5, 0.6) is 0 Å². The van der Waals surface area contributed by atoms with Gasteiger partial charge in [0.1, 0.15) is 11.6 Å². The summed E-state index contributed by atoms with van der Waals surface area (Å²) in [6.45, 7) is 2.84. The minimum atomic E-state index is -0.247. The number of hydrogen-bond acceptors (Lipinski definition) is 1. The first-order chi connectivity index (χ1) is 8.65. The lowest BCUT2D eigenvalue weighted by molar-refractivity contribution is 0.585. The van der Waals surface area contributed by atoms with Gasteiger partial charge >= 0.3 is 0 Å². The highest BCUT2D eigenvalue weighted by Gasteiger charge is 2.22. The van der Waals surface area contributed by atoms with Crippen molar-refractivity contribution in [1.82, 2.24) is 9.55 Å². The summed E-state index contributed by atoms with van der Waals surface area (Å²) >= 11 is 6.17. The molecule has 1 aromatic heterocycles. The lowest BCUT2D eigenvalue weighted by Gasteiger charge is -2.09. The Bertz CT molecular complexity index is 572. The fourth-order valence-corrected chi connectivity index (χ4v) is 2.55. The molecular formula is C14H16ClFN2. The first kappa shape index (κ1) is 12.0. The van der Waals surface area contributed by atoms with Crippen LogP contribution in [-0.4, -0.2) is 9.55 Å². The number of benzene rings is 1. The molecule has 96 valence electrons. The molecule has 0 saturated heterocycles. The second-order valence-corrected chi connectivity index (χ2v) is 5.76. The van der Waals surface area contributed by atoms with Crippen LogP contribution in [-0.2, 0) is 6.54 Å². The van der Waals surface area contributed by atoms with Gasteiger partial charge in [0.15, 0.2) is 0 Å². The van der Waals surface area contributed by atoms with Crippen LogP contribution in [0.3, 0.4) is 0 Å². The van der Waals surface area contributed by atoms with Gasteiger partial charge in [0, 0.05) is 12.6 Å². The third-order valence-electron chi connectivity index (χ3n) is 3.55. The molecule has 18 heavy (non-hydrogen) atoms. The molecule has 0 N–H and O–H groups in total. The van der Waals surface area contributed by atoms with Crippen LogP contribution in [0.25, 0.3) is 11.0 Å². The first-order valence-corrected chi connectivity index (χ1v) is 6.88. The fraction of sp³-hybridized carbons (Fsp3) is 0.500. The van der Waals surface area contributed by atoms with Crippen molar-refractivity contribution in [2.45, 2.75) is 38.1 Å². The van der Waals surface area contributed by atoms with Crippen molar-refractivity contribution in [3.05, 3.63) is 29.8 Å². The third-order valence-corrected chi connectivity index (χ3v) is 3.75. The van der Waals surface area contributed by atoms with Crippen LogP contribution < -0.4 is 0 Å². The normalized spacial score (nSPS) is 17.3. The van der Waals surface area contributed by atoms with E-state index in [-0.39, 0.29) is 11.2 Å². The Morgan fingerprint density at radius 1 is 1.50 bits per heavy atom. The Kier molecular flexibility index (Phi) is 3.02. The van der Waals surface area contributed by atoms with Crippen molar-refractivity contribution in [2.75, 3.05) is 0 Å². The molecule has 1 aliphatic rings. The quantitative estimate of drug-likeness (QED) is 0.756. The molecule has 0 spiro atoms. The summed E-state index contributed by atoms with van der Waals surface area (Å²) in [4.78, 5) is 4.46. The predicted octanol–water partition coefficient (Wildman–Crippen LogP) is 4.28. The molecule has 1 aliphatic carbocycles. The Labute approximate surface area is 111 Å². The SMILES string of the molecule is CC(Cl)c1nc2cc(F)ccc2n1CCC1CC1. The molecule has 3 rings (SSSR count). The summed E-state index contributed by atoms with van der Waals surface area (Å²) in [6, 6.07) is 4.76. The maximum atomic E-state index is 13.2. The van der Waals surface area contributed by atoms with Crippen LogP contribution in [0, 0.1) is 11.7 Å². The Morgan fingerprint density at radius 3 is 2.94 bits per heavy atom. The topological polar surface area (TPSA) is 17.8 Å². The van der Waals surface area contributed by atoms with Crippen LogP contribution in [0.15, 0.2) is 18.2 Å². The monoisotopic (exact) mass is 266 g/mol. The van der Waals surface area contributed by atoms with Gasteiger partial charge < -0.3 is 4.57 Å². The molecule has 0 amide bonds. The Morgan fingerprint density at radius 2 is 2.28 bits per heavy atom. The number of halogens is 2. The maximum Gasteiger partial charge on any atom is 0.127 e. The highest BCUT2D eigenvalue weighted by molar-refractivity contribution is 6.20. The highest BCUT2D eigenvalue weighted by atomic mass is 35.5. The molecule has 2 nitrogen and oxygen atoms in total. The molecule has 1 atom stereocenters. The van der Waals surface area contributed by atoms with Crippen LogP contribution >= 0.6 is 11.6 Å². The van der Waals surface area contributed by atoms with Gasteiger partial charge in [-0.15, -0.1) is 11.6 Å². The van der Waals surface area contributed by atoms with E-state index in [1.54, 1.807) is 6.07 Å². The van der Waals surface area contributed by atoms with Gasteiger partial charge in [0.2, 0.25) is 0 Å². The first-order valence-electron chi connectivity index (χ1n) is 6.45. The molecule has 1 heterocycles. The second kappa shape index (κ2) is 4.54. The number of hydrogen-bond donors (Lipinski definition) is 0. The van der Waals surface area contributed by atoms with Crippen LogP contribution in [0.4, 0.5) is 4.39 Å². The zero-order valence-electron chi connectivity index (χ0n) is 10.4. The smallest absolute Gasteiger partial charge is 0.127 e. The highest BCUT2D eigenvalue weighted by Crippen LogP contribution is 2.34. The summed E-state index contributed by atoms with van der Waals surface area (Å²) in [6.07, 6.45) is 3.85. The average molecular weight is 267 g/mol. The third kappa shape index (κ3) is 2.24. The zero-order chi connectivity index (χ0) is 12.7. The van der Waals surface area contributed by atoms with E-state index in [1.807, 2.05) is 6.92 Å². The molecule has 0 radical (unpaired) electrons. The molecule has 1 unspecified atom stereocenters. The standard InChI is InChI=1S/C14H16ClFN2/c1-9(15)14-17-12-8-11(16)4-5-13(12)18(14)7-6-10-2-3-10/h4-5,8-10H,2-3,6-7H2,1H3. The van der Waals surface area contributed by atoms with Gasteiger partial charge in [0.25, 0.3) is 0 Å². The number of alkyl halides is 1. The Balaban J connectivity index is 2.02. The number of aromatic nitrogens is 2. The van der Waals surface area contributed by atoms with E-state index in [9.17, 15) is 4.39 Å². The molecule has 0 bridgehead atoms. The lowest BCUT2D eigenvalue weighted by Crippen LogP contribution is -2.05. The molecular weight excluding hydrogens is 251 g/mol. The minimum Gasteiger partial charge on any atom is -0.327 e. The molecule has 4 heteroatoms. The number of rotatable bonds is 4. The molecule has 1 fully saturated rings. The number of aryl methyl sites for hydroxylation is 1. The minimum absolute atomic E-state index is 0.153. The Hall–Kier alpha value is -1.09. The van der Waals surface area contributed by atoms with E-state index in [2.05, 4.69) is 9.55 Å². The van der Waals surface area contributed by atoms with Crippen molar-refractivity contribution in [3.8, 4) is 0 Å². The largest absolute Gasteiger partial charge is 0.327 e. The van der Waals surface area contributed by atoms with E-state index in [4.69, 9.17) is 11.6 Å². The predicted molar refractivity (Wildman–Crippen MR) is 71.3 cm³/mol. The summed E-state index contributed by atoms with van der Waals surface area (Å²) in [5, 5.41) is -0.153. The molecule has 1 saturated carbocycles. The van der Waals surface area contributed by atoms with Crippen molar-refractivity contribution >= 4 is 22.6 Å². The van der Waals surface area contributed by atoms with Gasteiger partial charge in [-0.1, -0.05) is 12.8 Å². The summed E-state index contributed by atoms with van der Waals surface area (Å²) < 4.78 is 15.4. The van der Waals surface area contributed by atoms with Crippen molar-refractivity contribution < 1.29 is 4.39 Å². The number of nitrogens with zero attached hydrogens (tertiary/aromatic N) is 2. The van der Waals surface area contributed by atoms with Crippen LogP contribution in [0.2, 0.25) is 0 Å². The van der Waals surface area contributed by atoms with E-state index in [0.29, 0.717) is 5.52 Å². The van der Waals surface area contributed by atoms with E-state index in [0.717, 1.165) is 23.8 Å². The van der Waals surface area contributed by atoms with Crippen molar-refractivity contribution in [1.29, 1.82) is 0 Å². The average Bonchev–Trinajstić information content (AvgIpc) is 3.07. The van der Waals surface area contributed by atoms with E-state index in [1.165, 1.54) is 31.4 Å². The van der Waals surface area contributed by atoms with Gasteiger partial charge in [0.05, 0.1) is 16.4 Å².